The molecule has 0 amide bonds. The number of carbonyl (C=O) groups is 1. The van der Waals surface area contributed by atoms with Gasteiger partial charge in [-0.3, -0.25) is 0 Å². The first-order chi connectivity index (χ1) is 9.40. The Hall–Kier alpha value is -1.95. The highest BCUT2D eigenvalue weighted by molar-refractivity contribution is 7.12. The summed E-state index contributed by atoms with van der Waals surface area (Å²) in [4.78, 5) is 13.8. The zero-order chi connectivity index (χ0) is 14.9. The molecule has 0 aromatic carbocycles. The number of aromatic nitrogens is 2. The van der Waals surface area contributed by atoms with E-state index in [1.807, 2.05) is 26.0 Å². The molecule has 2 N–H and O–H groups in total. The Bertz CT molecular complexity index is 652. The molecule has 0 saturated carbocycles. The van der Waals surface area contributed by atoms with Gasteiger partial charge in [-0.2, -0.15) is 5.10 Å². The summed E-state index contributed by atoms with van der Waals surface area (Å²) in [5.74, 6) is -0.670. The van der Waals surface area contributed by atoms with Crippen LogP contribution in [0.15, 0.2) is 12.1 Å². The molecule has 0 fully saturated rings. The summed E-state index contributed by atoms with van der Waals surface area (Å²) < 4.78 is 0. The van der Waals surface area contributed by atoms with Gasteiger partial charge in [0.2, 0.25) is 0 Å². The molecular weight excluding hydrogens is 274 g/mol. The van der Waals surface area contributed by atoms with Crippen molar-refractivity contribution in [2.75, 3.05) is 5.32 Å². The first-order valence-electron chi connectivity index (χ1n) is 6.30. The van der Waals surface area contributed by atoms with E-state index in [4.69, 9.17) is 0 Å². The van der Waals surface area contributed by atoms with Crippen LogP contribution in [0.1, 0.15) is 44.3 Å². The average Bonchev–Trinajstić information content (AvgIpc) is 2.80. The normalized spacial score (nSPS) is 12.2. The van der Waals surface area contributed by atoms with Gasteiger partial charge in [0.25, 0.3) is 0 Å². The van der Waals surface area contributed by atoms with Crippen molar-refractivity contribution in [1.82, 2.24) is 10.2 Å². The van der Waals surface area contributed by atoms with E-state index in [0.717, 1.165) is 4.88 Å². The maximum Gasteiger partial charge on any atom is 0.339 e. The fraction of sp³-hybridized carbons (Fsp3) is 0.357. The SMILES string of the molecule is Cc1ccc(C(C)Nc2nnc(C)c(C)c2C(=O)O)s1. The third-order valence-corrected chi connectivity index (χ3v) is 4.39. The minimum Gasteiger partial charge on any atom is -0.478 e. The molecule has 0 aliphatic heterocycles. The second-order valence-electron chi connectivity index (χ2n) is 4.75. The fourth-order valence-electron chi connectivity index (χ4n) is 1.93. The van der Waals surface area contributed by atoms with Crippen LogP contribution >= 0.6 is 11.3 Å². The van der Waals surface area contributed by atoms with Crippen LogP contribution in [0.5, 0.6) is 0 Å². The Morgan fingerprint density at radius 1 is 1.30 bits per heavy atom. The van der Waals surface area contributed by atoms with Gasteiger partial charge in [0.15, 0.2) is 5.82 Å². The zero-order valence-corrected chi connectivity index (χ0v) is 12.7. The van der Waals surface area contributed by atoms with Gasteiger partial charge < -0.3 is 10.4 Å². The number of nitrogens with zero attached hydrogens (tertiary/aromatic N) is 2. The molecule has 0 aliphatic rings. The Labute approximate surface area is 121 Å². The van der Waals surface area contributed by atoms with Crippen LogP contribution in [0.2, 0.25) is 0 Å². The lowest BCUT2D eigenvalue weighted by atomic mass is 10.1. The first kappa shape index (κ1) is 14.5. The van der Waals surface area contributed by atoms with Crippen molar-refractivity contribution in [1.29, 1.82) is 0 Å². The van der Waals surface area contributed by atoms with Gasteiger partial charge in [-0.25, -0.2) is 4.79 Å². The van der Waals surface area contributed by atoms with E-state index in [2.05, 4.69) is 15.5 Å². The molecule has 106 valence electrons. The predicted molar refractivity (Wildman–Crippen MR) is 79.6 cm³/mol. The third kappa shape index (κ3) is 2.80. The van der Waals surface area contributed by atoms with Crippen molar-refractivity contribution in [2.24, 2.45) is 0 Å². The van der Waals surface area contributed by atoms with E-state index in [1.165, 1.54) is 4.88 Å². The van der Waals surface area contributed by atoms with Gasteiger partial charge in [0, 0.05) is 9.75 Å². The van der Waals surface area contributed by atoms with Crippen LogP contribution in [0.3, 0.4) is 0 Å². The quantitative estimate of drug-likeness (QED) is 0.903. The number of carboxylic acid groups (broad SMARTS) is 1. The van der Waals surface area contributed by atoms with E-state index < -0.39 is 5.97 Å². The Balaban J connectivity index is 2.34. The molecule has 5 nitrogen and oxygen atoms in total. The number of rotatable bonds is 4. The lowest BCUT2D eigenvalue weighted by Crippen LogP contribution is -2.15. The maximum absolute atomic E-state index is 11.4. The number of aryl methyl sites for hydroxylation is 2. The highest BCUT2D eigenvalue weighted by Gasteiger charge is 2.19. The van der Waals surface area contributed by atoms with E-state index in [0.29, 0.717) is 17.1 Å². The van der Waals surface area contributed by atoms with Crippen molar-refractivity contribution in [2.45, 2.75) is 33.7 Å². The molecule has 0 aliphatic carbocycles. The second-order valence-corrected chi connectivity index (χ2v) is 6.07. The zero-order valence-electron chi connectivity index (χ0n) is 11.9. The Morgan fingerprint density at radius 3 is 2.55 bits per heavy atom. The van der Waals surface area contributed by atoms with Crippen molar-refractivity contribution in [3.05, 3.63) is 38.7 Å². The summed E-state index contributed by atoms with van der Waals surface area (Å²) in [7, 11) is 0. The van der Waals surface area contributed by atoms with E-state index in [-0.39, 0.29) is 11.6 Å². The lowest BCUT2D eigenvalue weighted by molar-refractivity contribution is 0.0696. The van der Waals surface area contributed by atoms with Gasteiger partial charge in [0.05, 0.1) is 11.7 Å². The largest absolute Gasteiger partial charge is 0.478 e. The summed E-state index contributed by atoms with van der Waals surface area (Å²) in [6, 6.07) is 4.07. The summed E-state index contributed by atoms with van der Waals surface area (Å²) in [6.07, 6.45) is 0. The number of thiophene rings is 1. The molecule has 0 bridgehead atoms. The monoisotopic (exact) mass is 291 g/mol. The van der Waals surface area contributed by atoms with Crippen LogP contribution in [-0.2, 0) is 0 Å². The minimum atomic E-state index is -0.988. The standard InChI is InChI=1S/C14H17N3O2S/c1-7-5-6-11(20-7)10(4)15-13-12(14(18)19)8(2)9(3)16-17-13/h5-6,10H,1-4H3,(H,15,17)(H,18,19). The molecule has 6 heteroatoms. The number of hydrogen-bond acceptors (Lipinski definition) is 5. The van der Waals surface area contributed by atoms with Gasteiger partial charge in [0.1, 0.15) is 5.56 Å². The molecule has 1 unspecified atom stereocenters. The van der Waals surface area contributed by atoms with E-state index in [1.54, 1.807) is 25.2 Å². The van der Waals surface area contributed by atoms with Gasteiger partial charge in [-0.15, -0.1) is 16.4 Å². The summed E-state index contributed by atoms with van der Waals surface area (Å²) >= 11 is 1.68. The smallest absolute Gasteiger partial charge is 0.339 e. The first-order valence-corrected chi connectivity index (χ1v) is 7.12. The number of nitrogens with one attached hydrogen (secondary N) is 1. The molecule has 0 radical (unpaired) electrons. The van der Waals surface area contributed by atoms with Crippen molar-refractivity contribution in [3.63, 3.8) is 0 Å². The summed E-state index contributed by atoms with van der Waals surface area (Å²) in [5.41, 5.74) is 1.47. The summed E-state index contributed by atoms with van der Waals surface area (Å²) in [6.45, 7) is 7.52. The Kier molecular flexibility index (Phi) is 4.04. The van der Waals surface area contributed by atoms with Crippen molar-refractivity contribution >= 4 is 23.1 Å². The van der Waals surface area contributed by atoms with Gasteiger partial charge in [-0.05, 0) is 45.4 Å². The topological polar surface area (TPSA) is 75.1 Å². The van der Waals surface area contributed by atoms with Gasteiger partial charge in [-0.1, -0.05) is 0 Å². The number of aromatic carboxylic acids is 1. The van der Waals surface area contributed by atoms with Crippen LogP contribution in [0.25, 0.3) is 0 Å². The molecule has 2 heterocycles. The van der Waals surface area contributed by atoms with Crippen molar-refractivity contribution in [3.8, 4) is 0 Å². The molecule has 0 spiro atoms. The molecule has 20 heavy (non-hydrogen) atoms. The van der Waals surface area contributed by atoms with Crippen LogP contribution in [0.4, 0.5) is 5.82 Å². The third-order valence-electron chi connectivity index (χ3n) is 3.21. The molecule has 0 saturated heterocycles. The summed E-state index contributed by atoms with van der Waals surface area (Å²) in [5, 5.41) is 20.5. The lowest BCUT2D eigenvalue weighted by Gasteiger charge is -2.16. The second kappa shape index (κ2) is 5.58. The average molecular weight is 291 g/mol. The predicted octanol–water partition coefficient (Wildman–Crippen LogP) is 3.33. The molecule has 2 aromatic heterocycles. The number of hydrogen-bond donors (Lipinski definition) is 2. The van der Waals surface area contributed by atoms with Crippen LogP contribution in [0, 0.1) is 20.8 Å². The molecule has 2 rings (SSSR count). The maximum atomic E-state index is 11.4. The highest BCUT2D eigenvalue weighted by Crippen LogP contribution is 2.27. The van der Waals surface area contributed by atoms with Crippen molar-refractivity contribution < 1.29 is 9.90 Å². The van der Waals surface area contributed by atoms with E-state index >= 15 is 0 Å². The fourth-order valence-corrected chi connectivity index (χ4v) is 2.81. The molecular formula is C14H17N3O2S. The molecule has 2 aromatic rings. The van der Waals surface area contributed by atoms with Crippen LogP contribution in [-0.4, -0.2) is 21.3 Å². The van der Waals surface area contributed by atoms with E-state index in [9.17, 15) is 9.90 Å². The number of anilines is 1. The highest BCUT2D eigenvalue weighted by atomic mass is 32.1. The molecule has 1 atom stereocenters. The van der Waals surface area contributed by atoms with Crippen LogP contribution < -0.4 is 5.32 Å². The van der Waals surface area contributed by atoms with Gasteiger partial charge >= 0.3 is 5.97 Å². The minimum absolute atomic E-state index is 0.0109. The number of carboxylic acids is 1. The Morgan fingerprint density at radius 2 is 2.00 bits per heavy atom.